The molecule has 0 radical (unpaired) electrons. The van der Waals surface area contributed by atoms with E-state index in [1.165, 1.54) is 23.1 Å². The number of para-hydroxylation sites is 1. The Bertz CT molecular complexity index is 802. The van der Waals surface area contributed by atoms with Crippen molar-refractivity contribution in [2.24, 2.45) is 0 Å². The maximum absolute atomic E-state index is 10.5. The number of hydrogen-bond donors (Lipinski definition) is 1. The van der Waals surface area contributed by atoms with Crippen LogP contribution >= 0.6 is 46.0 Å². The van der Waals surface area contributed by atoms with Gasteiger partial charge in [0.05, 0.1) is 16.1 Å². The Kier molecular flexibility index (Phi) is 4.39. The number of hydrogen-bond acceptors (Lipinski definition) is 7. The molecule has 0 unspecified atom stereocenters. The molecule has 2 heterocycles. The predicted molar refractivity (Wildman–Crippen MR) is 84.6 cm³/mol. The van der Waals surface area contributed by atoms with Crippen molar-refractivity contribution >= 4 is 62.2 Å². The zero-order valence-electron chi connectivity index (χ0n) is 10.4. The van der Waals surface area contributed by atoms with Crippen LogP contribution in [-0.4, -0.2) is 26.3 Å². The highest BCUT2D eigenvalue weighted by Gasteiger charge is 2.12. The molecule has 0 amide bonds. The molecule has 1 N–H and O–H groups in total. The molecule has 3 aromatic rings. The van der Waals surface area contributed by atoms with Crippen molar-refractivity contribution in [1.82, 2.24) is 15.2 Å². The zero-order valence-corrected chi connectivity index (χ0v) is 13.7. The van der Waals surface area contributed by atoms with E-state index in [0.717, 1.165) is 23.9 Å². The highest BCUT2D eigenvalue weighted by atomic mass is 35.5. The minimum absolute atomic E-state index is 0.0655. The summed E-state index contributed by atoms with van der Waals surface area (Å²) in [6.07, 6.45) is 0.468. The molecule has 21 heavy (non-hydrogen) atoms. The molecule has 0 atom stereocenters. The number of fused-ring (bicyclic) bond motifs is 1. The lowest BCUT2D eigenvalue weighted by Crippen LogP contribution is -1.96. The average Bonchev–Trinajstić information content (AvgIpc) is 3.04. The van der Waals surface area contributed by atoms with E-state index in [2.05, 4.69) is 15.2 Å². The first-order chi connectivity index (χ1) is 10.1. The van der Waals surface area contributed by atoms with E-state index in [0.29, 0.717) is 11.4 Å². The molecule has 0 spiro atoms. The molecule has 2 aromatic heterocycles. The number of rotatable bonds is 5. The zero-order chi connectivity index (χ0) is 14.8. The van der Waals surface area contributed by atoms with Crippen LogP contribution in [0.3, 0.4) is 0 Å². The Labute approximate surface area is 137 Å². The summed E-state index contributed by atoms with van der Waals surface area (Å²) in [7, 11) is 0. The van der Waals surface area contributed by atoms with E-state index in [1.54, 1.807) is 11.3 Å². The van der Waals surface area contributed by atoms with Crippen LogP contribution < -0.4 is 0 Å². The number of halogens is 1. The van der Waals surface area contributed by atoms with Gasteiger partial charge in [-0.1, -0.05) is 29.0 Å². The smallest absolute Gasteiger partial charge is 0.303 e. The van der Waals surface area contributed by atoms with Crippen molar-refractivity contribution in [3.63, 3.8) is 0 Å². The molecule has 1 aromatic carbocycles. The summed E-state index contributed by atoms with van der Waals surface area (Å²) >= 11 is 10.5. The van der Waals surface area contributed by atoms with Crippen molar-refractivity contribution in [2.45, 2.75) is 21.5 Å². The second-order valence-corrected chi connectivity index (χ2v) is 8.02. The first-order valence-electron chi connectivity index (χ1n) is 5.89. The van der Waals surface area contributed by atoms with Gasteiger partial charge in [0.1, 0.15) is 10.5 Å². The standard InChI is InChI=1S/C12H8ClN3O2S3/c13-6-2-1-3-7-10(6)14-11(19-7)21-12-16-15-8(20-12)4-5-9(17)18/h1-3H,4-5H2,(H,17,18). The Morgan fingerprint density at radius 1 is 1.29 bits per heavy atom. The fraction of sp³-hybridized carbons (Fsp3) is 0.167. The molecular formula is C12H8ClN3O2S3. The summed E-state index contributed by atoms with van der Waals surface area (Å²) in [6, 6.07) is 5.68. The molecule has 0 aliphatic heterocycles. The second-order valence-electron chi connectivity index (χ2n) is 4.02. The molecule has 0 aliphatic rings. The Hall–Kier alpha value is -1.22. The van der Waals surface area contributed by atoms with Crippen LogP contribution in [0.4, 0.5) is 0 Å². The van der Waals surface area contributed by atoms with Gasteiger partial charge in [-0.25, -0.2) is 4.98 Å². The van der Waals surface area contributed by atoms with Crippen molar-refractivity contribution < 1.29 is 9.90 Å². The number of carboxylic acids is 1. The van der Waals surface area contributed by atoms with Crippen molar-refractivity contribution in [3.05, 3.63) is 28.2 Å². The van der Waals surface area contributed by atoms with Gasteiger partial charge in [0, 0.05) is 6.42 Å². The quantitative estimate of drug-likeness (QED) is 0.744. The monoisotopic (exact) mass is 357 g/mol. The minimum atomic E-state index is -0.833. The number of nitrogens with zero attached hydrogens (tertiary/aromatic N) is 3. The van der Waals surface area contributed by atoms with Crippen LogP contribution in [0.15, 0.2) is 26.9 Å². The van der Waals surface area contributed by atoms with Gasteiger partial charge in [-0.15, -0.1) is 21.5 Å². The molecule has 0 saturated heterocycles. The summed E-state index contributed by atoms with van der Waals surface area (Å²) in [4.78, 5) is 15.0. The SMILES string of the molecule is O=C(O)CCc1nnc(Sc2nc3c(Cl)cccc3s2)s1. The number of carbonyl (C=O) groups is 1. The molecule has 0 saturated carbocycles. The minimum Gasteiger partial charge on any atom is -0.481 e. The number of aromatic nitrogens is 3. The first kappa shape index (κ1) is 14.7. The van der Waals surface area contributed by atoms with E-state index in [1.807, 2.05) is 18.2 Å². The molecule has 5 nitrogen and oxygen atoms in total. The normalized spacial score (nSPS) is 11.1. The highest BCUT2D eigenvalue weighted by Crippen LogP contribution is 2.37. The van der Waals surface area contributed by atoms with E-state index < -0.39 is 5.97 Å². The van der Waals surface area contributed by atoms with Crippen LogP contribution in [0.2, 0.25) is 5.02 Å². The van der Waals surface area contributed by atoms with Gasteiger partial charge in [-0.3, -0.25) is 4.79 Å². The fourth-order valence-corrected chi connectivity index (χ4v) is 5.06. The van der Waals surface area contributed by atoms with Crippen molar-refractivity contribution in [1.29, 1.82) is 0 Å². The summed E-state index contributed by atoms with van der Waals surface area (Å²) in [6.45, 7) is 0. The topological polar surface area (TPSA) is 76.0 Å². The fourth-order valence-electron chi connectivity index (χ4n) is 1.61. The average molecular weight is 358 g/mol. The second kappa shape index (κ2) is 6.27. The lowest BCUT2D eigenvalue weighted by atomic mass is 10.3. The Morgan fingerprint density at radius 3 is 2.90 bits per heavy atom. The van der Waals surface area contributed by atoms with E-state index in [-0.39, 0.29) is 6.42 Å². The maximum atomic E-state index is 10.5. The van der Waals surface area contributed by atoms with E-state index >= 15 is 0 Å². The predicted octanol–water partition coefficient (Wildman–Crippen LogP) is 3.97. The van der Waals surface area contributed by atoms with Crippen LogP contribution in [0.1, 0.15) is 11.4 Å². The number of aryl methyl sites for hydroxylation is 1. The third-order valence-corrected chi connectivity index (χ3v) is 5.95. The molecule has 3 rings (SSSR count). The molecule has 108 valence electrons. The molecule has 0 fully saturated rings. The van der Waals surface area contributed by atoms with Gasteiger partial charge in [0.2, 0.25) is 0 Å². The molecule has 0 aliphatic carbocycles. The van der Waals surface area contributed by atoms with Gasteiger partial charge < -0.3 is 5.11 Å². The van der Waals surface area contributed by atoms with E-state index in [4.69, 9.17) is 16.7 Å². The van der Waals surface area contributed by atoms with Crippen molar-refractivity contribution in [2.75, 3.05) is 0 Å². The van der Waals surface area contributed by atoms with Gasteiger partial charge in [-0.2, -0.15) is 0 Å². The third-order valence-electron chi connectivity index (χ3n) is 2.53. The summed E-state index contributed by atoms with van der Waals surface area (Å²) in [5.41, 5.74) is 0.794. The highest BCUT2D eigenvalue weighted by molar-refractivity contribution is 8.02. The maximum Gasteiger partial charge on any atom is 0.303 e. The molecular weight excluding hydrogens is 350 g/mol. The van der Waals surface area contributed by atoms with Gasteiger partial charge in [0.15, 0.2) is 8.68 Å². The number of thiazole rings is 1. The Morgan fingerprint density at radius 2 is 2.14 bits per heavy atom. The van der Waals surface area contributed by atoms with Gasteiger partial charge in [-0.05, 0) is 23.9 Å². The van der Waals surface area contributed by atoms with Crippen molar-refractivity contribution in [3.8, 4) is 0 Å². The lowest BCUT2D eigenvalue weighted by molar-refractivity contribution is -0.136. The summed E-state index contributed by atoms with van der Waals surface area (Å²) < 4.78 is 2.63. The molecule has 9 heteroatoms. The van der Waals surface area contributed by atoms with Crippen LogP contribution in [0.5, 0.6) is 0 Å². The third kappa shape index (κ3) is 3.52. The van der Waals surface area contributed by atoms with Crippen LogP contribution in [0, 0.1) is 0 Å². The van der Waals surface area contributed by atoms with Gasteiger partial charge >= 0.3 is 5.97 Å². The summed E-state index contributed by atoms with van der Waals surface area (Å²) in [5, 5.41) is 18.1. The van der Waals surface area contributed by atoms with Gasteiger partial charge in [0.25, 0.3) is 0 Å². The van der Waals surface area contributed by atoms with Crippen LogP contribution in [0.25, 0.3) is 10.2 Å². The summed E-state index contributed by atoms with van der Waals surface area (Å²) in [5.74, 6) is -0.833. The lowest BCUT2D eigenvalue weighted by Gasteiger charge is -1.89. The molecule has 0 bridgehead atoms. The number of benzene rings is 1. The largest absolute Gasteiger partial charge is 0.481 e. The Balaban J connectivity index is 1.76. The first-order valence-corrected chi connectivity index (χ1v) is 8.71. The number of aliphatic carboxylic acids is 1. The van der Waals surface area contributed by atoms with E-state index in [9.17, 15) is 4.79 Å². The van der Waals surface area contributed by atoms with Crippen LogP contribution in [-0.2, 0) is 11.2 Å². The number of carboxylic acid groups (broad SMARTS) is 1.